The molecule has 3 atom stereocenters. The molecule has 0 aromatic heterocycles. The molecular weight excluding hydrogens is 331 g/mol. The Kier molecular flexibility index (Phi) is 4.74. The van der Waals surface area contributed by atoms with Gasteiger partial charge in [0, 0.05) is 19.0 Å². The van der Waals surface area contributed by atoms with E-state index in [2.05, 4.69) is 11.4 Å². The lowest BCUT2D eigenvalue weighted by Gasteiger charge is -2.39. The van der Waals surface area contributed by atoms with Gasteiger partial charge in [0.1, 0.15) is 11.9 Å². The summed E-state index contributed by atoms with van der Waals surface area (Å²) in [6.45, 7) is 2.05. The first-order chi connectivity index (χ1) is 12.6. The number of amides is 1. The first-order valence-corrected chi connectivity index (χ1v) is 9.17. The summed E-state index contributed by atoms with van der Waals surface area (Å²) in [5.74, 6) is -0.580. The smallest absolute Gasteiger partial charge is 0.252 e. The number of carbonyl (C=O) groups is 1. The molecule has 2 aliphatic rings. The molecule has 2 aromatic rings. The number of carbonyl (C=O) groups excluding carboxylic acids is 1. The van der Waals surface area contributed by atoms with Crippen molar-refractivity contribution in [2.75, 3.05) is 19.6 Å². The number of halogens is 1. The van der Waals surface area contributed by atoms with Crippen molar-refractivity contribution in [2.24, 2.45) is 5.92 Å². The topological polar surface area (TPSA) is 52.6 Å². The monoisotopic (exact) mass is 354 g/mol. The van der Waals surface area contributed by atoms with E-state index in [0.29, 0.717) is 13.1 Å². The maximum absolute atomic E-state index is 13.4. The fourth-order valence-corrected chi connectivity index (χ4v) is 4.13. The molecule has 1 fully saturated rings. The Morgan fingerprint density at radius 2 is 1.96 bits per heavy atom. The van der Waals surface area contributed by atoms with E-state index in [1.165, 1.54) is 17.7 Å². The summed E-state index contributed by atoms with van der Waals surface area (Å²) in [6.07, 6.45) is 0.562. The fourth-order valence-electron chi connectivity index (χ4n) is 4.13. The molecule has 1 saturated heterocycles. The van der Waals surface area contributed by atoms with Crippen molar-refractivity contribution < 1.29 is 14.3 Å². The van der Waals surface area contributed by atoms with Crippen LogP contribution in [0.5, 0.6) is 0 Å². The summed E-state index contributed by atoms with van der Waals surface area (Å²) >= 11 is 0. The molecule has 4 nitrogen and oxygen atoms in total. The second-order valence-corrected chi connectivity index (χ2v) is 7.13. The minimum atomic E-state index is -1.00. The lowest BCUT2D eigenvalue weighted by Crippen LogP contribution is -2.48. The molecule has 0 spiro atoms. The van der Waals surface area contributed by atoms with E-state index in [1.807, 2.05) is 18.2 Å². The molecule has 26 heavy (non-hydrogen) atoms. The highest BCUT2D eigenvalue weighted by Crippen LogP contribution is 2.36. The van der Waals surface area contributed by atoms with Crippen molar-refractivity contribution in [3.63, 3.8) is 0 Å². The Morgan fingerprint density at radius 1 is 1.19 bits per heavy atom. The fraction of sp³-hybridized carbons (Fsp3) is 0.381. The first-order valence-electron chi connectivity index (χ1n) is 9.17. The van der Waals surface area contributed by atoms with Crippen molar-refractivity contribution in [3.8, 4) is 0 Å². The van der Waals surface area contributed by atoms with E-state index in [0.717, 1.165) is 30.5 Å². The highest BCUT2D eigenvalue weighted by Gasteiger charge is 2.38. The number of nitrogens with one attached hydrogen (secondary N) is 1. The lowest BCUT2D eigenvalue weighted by molar-refractivity contribution is -0.145. The van der Waals surface area contributed by atoms with E-state index < -0.39 is 6.10 Å². The average Bonchev–Trinajstić information content (AvgIpc) is 3.21. The average molecular weight is 354 g/mol. The highest BCUT2D eigenvalue weighted by molar-refractivity contribution is 5.82. The van der Waals surface area contributed by atoms with E-state index >= 15 is 0 Å². The molecule has 2 aliphatic heterocycles. The summed E-state index contributed by atoms with van der Waals surface area (Å²) in [5, 5.41) is 13.8. The van der Waals surface area contributed by atoms with Gasteiger partial charge in [-0.15, -0.1) is 0 Å². The van der Waals surface area contributed by atoms with Gasteiger partial charge >= 0.3 is 0 Å². The van der Waals surface area contributed by atoms with Crippen LogP contribution >= 0.6 is 0 Å². The van der Waals surface area contributed by atoms with Gasteiger partial charge in [0.2, 0.25) is 0 Å². The number of hydrogen-bond acceptors (Lipinski definition) is 3. The van der Waals surface area contributed by atoms with Crippen molar-refractivity contribution in [1.82, 2.24) is 10.2 Å². The first kappa shape index (κ1) is 17.2. The zero-order chi connectivity index (χ0) is 18.1. The van der Waals surface area contributed by atoms with Crippen LogP contribution in [0.4, 0.5) is 4.39 Å². The van der Waals surface area contributed by atoms with Crippen LogP contribution in [-0.4, -0.2) is 41.7 Å². The van der Waals surface area contributed by atoms with Gasteiger partial charge in [-0.3, -0.25) is 4.79 Å². The van der Waals surface area contributed by atoms with Gasteiger partial charge in [-0.2, -0.15) is 0 Å². The molecule has 0 radical (unpaired) electrons. The van der Waals surface area contributed by atoms with Crippen molar-refractivity contribution in [1.29, 1.82) is 0 Å². The van der Waals surface area contributed by atoms with Crippen LogP contribution in [0.1, 0.15) is 29.2 Å². The number of rotatable bonds is 3. The molecule has 1 amide bonds. The van der Waals surface area contributed by atoms with Gasteiger partial charge in [0.15, 0.2) is 0 Å². The summed E-state index contributed by atoms with van der Waals surface area (Å²) in [7, 11) is 0. The van der Waals surface area contributed by atoms with Crippen LogP contribution in [0.15, 0.2) is 48.5 Å². The Morgan fingerprint density at radius 3 is 2.69 bits per heavy atom. The van der Waals surface area contributed by atoms with Crippen LogP contribution < -0.4 is 5.32 Å². The van der Waals surface area contributed by atoms with Gasteiger partial charge < -0.3 is 15.3 Å². The van der Waals surface area contributed by atoms with Gasteiger partial charge in [-0.1, -0.05) is 36.4 Å². The molecular formula is C21H23FN2O2. The third-order valence-electron chi connectivity index (χ3n) is 5.55. The van der Waals surface area contributed by atoms with Crippen molar-refractivity contribution in [3.05, 3.63) is 71.0 Å². The Balaban J connectivity index is 1.70. The second kappa shape index (κ2) is 7.17. The Bertz CT molecular complexity index is 787. The zero-order valence-corrected chi connectivity index (χ0v) is 14.6. The predicted octanol–water partition coefficient (Wildman–Crippen LogP) is 2.27. The summed E-state index contributed by atoms with van der Waals surface area (Å²) in [5.41, 5.74) is 3.11. The normalized spacial score (nSPS) is 23.5. The summed E-state index contributed by atoms with van der Waals surface area (Å²) in [4.78, 5) is 14.9. The molecule has 136 valence electrons. The third-order valence-corrected chi connectivity index (χ3v) is 5.55. The van der Waals surface area contributed by atoms with Crippen LogP contribution in [0.25, 0.3) is 0 Å². The van der Waals surface area contributed by atoms with Crippen molar-refractivity contribution in [2.45, 2.75) is 25.0 Å². The third kappa shape index (κ3) is 3.13. The standard InChI is InChI=1S/C21H23FN2O2/c22-17-7-5-15(6-8-17)19-18-4-2-1-3-14(18)10-12-24(19)21(26)20(25)16-9-11-23-13-16/h1-8,16,19-20,23,25H,9-13H2/t16?,19-,20?/m0/s1. The van der Waals surface area contributed by atoms with Gasteiger partial charge in [0.25, 0.3) is 5.91 Å². The molecule has 0 aliphatic carbocycles. The Labute approximate surface area is 152 Å². The maximum Gasteiger partial charge on any atom is 0.252 e. The molecule has 0 saturated carbocycles. The van der Waals surface area contributed by atoms with E-state index in [-0.39, 0.29) is 23.7 Å². The summed E-state index contributed by atoms with van der Waals surface area (Å²) in [6, 6.07) is 14.1. The minimum absolute atomic E-state index is 0.0476. The highest BCUT2D eigenvalue weighted by atomic mass is 19.1. The zero-order valence-electron chi connectivity index (χ0n) is 14.6. The lowest BCUT2D eigenvalue weighted by atomic mass is 9.87. The molecule has 5 heteroatoms. The predicted molar refractivity (Wildman–Crippen MR) is 97.1 cm³/mol. The van der Waals surface area contributed by atoms with Crippen molar-refractivity contribution >= 4 is 5.91 Å². The second-order valence-electron chi connectivity index (χ2n) is 7.13. The SMILES string of the molecule is O=C(C(O)C1CCNC1)N1CCc2ccccc2[C@@H]1c1ccc(F)cc1. The number of aliphatic hydroxyl groups excluding tert-OH is 1. The molecule has 2 unspecified atom stereocenters. The molecule has 0 bridgehead atoms. The number of nitrogens with zero attached hydrogens (tertiary/aromatic N) is 1. The van der Waals surface area contributed by atoms with E-state index in [9.17, 15) is 14.3 Å². The van der Waals surface area contributed by atoms with E-state index in [4.69, 9.17) is 0 Å². The number of hydrogen-bond donors (Lipinski definition) is 2. The minimum Gasteiger partial charge on any atom is -0.383 e. The summed E-state index contributed by atoms with van der Waals surface area (Å²) < 4.78 is 13.4. The van der Waals surface area contributed by atoms with Crippen LogP contribution in [0.2, 0.25) is 0 Å². The van der Waals surface area contributed by atoms with Gasteiger partial charge in [-0.25, -0.2) is 4.39 Å². The van der Waals surface area contributed by atoms with E-state index in [1.54, 1.807) is 17.0 Å². The maximum atomic E-state index is 13.4. The number of aliphatic hydroxyl groups is 1. The van der Waals surface area contributed by atoms with Crippen LogP contribution in [-0.2, 0) is 11.2 Å². The molecule has 2 heterocycles. The molecule has 4 rings (SSSR count). The van der Waals surface area contributed by atoms with Gasteiger partial charge in [0.05, 0.1) is 6.04 Å². The number of benzene rings is 2. The van der Waals surface area contributed by atoms with Gasteiger partial charge in [-0.05, 0) is 48.2 Å². The molecule has 2 N–H and O–H groups in total. The molecule has 2 aromatic carbocycles. The van der Waals surface area contributed by atoms with Crippen LogP contribution in [0.3, 0.4) is 0 Å². The number of fused-ring (bicyclic) bond motifs is 1. The largest absolute Gasteiger partial charge is 0.383 e. The van der Waals surface area contributed by atoms with Crippen LogP contribution in [0, 0.1) is 11.7 Å². The Hall–Kier alpha value is -2.24. The quantitative estimate of drug-likeness (QED) is 0.889.